The molecule has 0 bridgehead atoms. The predicted octanol–water partition coefficient (Wildman–Crippen LogP) is 3.58. The second-order valence-electron chi connectivity index (χ2n) is 11.2. The quantitative estimate of drug-likeness (QED) is 0.593. The summed E-state index contributed by atoms with van der Waals surface area (Å²) in [4.78, 5) is 0. The first kappa shape index (κ1) is 22.5. The number of fused-ring (bicyclic) bond motifs is 3. The Morgan fingerprint density at radius 2 is 1.97 bits per heavy atom. The molecule has 170 valence electrons. The smallest absolute Gasteiger partial charge is 0.186 e. The van der Waals surface area contributed by atoms with Crippen LogP contribution in [0.4, 0.5) is 0 Å². The Balaban J connectivity index is 1.50. The van der Waals surface area contributed by atoms with E-state index in [1.807, 2.05) is 0 Å². The van der Waals surface area contributed by atoms with Crippen molar-refractivity contribution in [2.75, 3.05) is 13.2 Å². The number of hydrogen-bond acceptors (Lipinski definition) is 5. The molecule has 0 aromatic heterocycles. The van der Waals surface area contributed by atoms with Gasteiger partial charge in [0.25, 0.3) is 0 Å². The lowest BCUT2D eigenvalue weighted by Gasteiger charge is -2.58. The van der Waals surface area contributed by atoms with Crippen molar-refractivity contribution in [1.29, 1.82) is 0 Å². The summed E-state index contributed by atoms with van der Waals surface area (Å²) in [6, 6.07) is 0. The zero-order valence-corrected chi connectivity index (χ0v) is 18.8. The molecule has 0 unspecified atom stereocenters. The van der Waals surface area contributed by atoms with Crippen LogP contribution in [0.15, 0.2) is 24.3 Å². The number of hydrogen-bond donors (Lipinski definition) is 3. The molecule has 1 heterocycles. The monoisotopic (exact) mass is 420 g/mol. The Kier molecular flexibility index (Phi) is 6.00. The summed E-state index contributed by atoms with van der Waals surface area (Å²) in [5, 5.41) is 29.6. The molecule has 2 saturated carbocycles. The molecule has 0 spiro atoms. The summed E-state index contributed by atoms with van der Waals surface area (Å²) in [6.45, 7) is 11.4. The van der Waals surface area contributed by atoms with Gasteiger partial charge in [-0.1, -0.05) is 44.9 Å². The van der Waals surface area contributed by atoms with E-state index in [9.17, 15) is 15.3 Å². The Morgan fingerprint density at radius 3 is 2.63 bits per heavy atom. The summed E-state index contributed by atoms with van der Waals surface area (Å²) in [6.07, 6.45) is 9.05. The number of rotatable bonds is 5. The van der Waals surface area contributed by atoms with Crippen molar-refractivity contribution >= 4 is 0 Å². The SMILES string of the molecule is C=C[C@@]1(C)CC[C@@]2(C)[C@@H](CC=C3[C@@H]2CCC[C@]3(C)CO[C@@H]2O[C@@H](CO)[C@H](O)[C@H]2O)C1. The number of aliphatic hydroxyl groups excluding tert-OH is 3. The molecule has 3 N–H and O–H groups in total. The largest absolute Gasteiger partial charge is 0.394 e. The van der Waals surface area contributed by atoms with Gasteiger partial charge in [0, 0.05) is 5.41 Å². The van der Waals surface area contributed by atoms with Crippen LogP contribution in [-0.2, 0) is 9.47 Å². The fourth-order valence-corrected chi connectivity index (χ4v) is 6.84. The van der Waals surface area contributed by atoms with Crippen LogP contribution in [-0.4, -0.2) is 53.1 Å². The minimum absolute atomic E-state index is 0.0819. The lowest BCUT2D eigenvalue weighted by molar-refractivity contribution is -0.184. The molecule has 9 atom stereocenters. The van der Waals surface area contributed by atoms with Crippen molar-refractivity contribution in [3.63, 3.8) is 0 Å². The molecule has 4 rings (SSSR count). The molecular weight excluding hydrogens is 380 g/mol. The molecule has 5 nitrogen and oxygen atoms in total. The first-order valence-corrected chi connectivity index (χ1v) is 11.7. The van der Waals surface area contributed by atoms with Gasteiger partial charge in [0.2, 0.25) is 0 Å². The number of allylic oxidation sites excluding steroid dienone is 2. The fraction of sp³-hybridized carbons (Fsp3) is 0.840. The molecule has 1 saturated heterocycles. The third kappa shape index (κ3) is 3.61. The van der Waals surface area contributed by atoms with Gasteiger partial charge in [-0.25, -0.2) is 0 Å². The minimum atomic E-state index is -1.12. The number of aliphatic hydroxyl groups is 3. The normalized spacial score (nSPS) is 51.1. The molecule has 30 heavy (non-hydrogen) atoms. The zero-order valence-electron chi connectivity index (χ0n) is 18.8. The Labute approximate surface area is 181 Å². The standard InChI is InChI=1S/C25H40O5/c1-5-23(2)11-12-25(4)16(13-23)8-9-17-18(25)7-6-10-24(17,3)15-29-22-21(28)20(27)19(14-26)30-22/h5,9,16,18-22,26-28H,1,6-8,10-15H2,2-4H3/t16-,18-,19-,20-,21+,22+,23-,24+,25-/m0/s1. The van der Waals surface area contributed by atoms with E-state index in [0.29, 0.717) is 23.9 Å². The molecule has 5 heteroatoms. The van der Waals surface area contributed by atoms with Crippen molar-refractivity contribution in [2.45, 2.75) is 90.3 Å². The first-order valence-electron chi connectivity index (χ1n) is 11.7. The summed E-state index contributed by atoms with van der Waals surface area (Å²) >= 11 is 0. The number of ether oxygens (including phenoxy) is 2. The second-order valence-corrected chi connectivity index (χ2v) is 11.2. The van der Waals surface area contributed by atoms with E-state index < -0.39 is 24.6 Å². The summed E-state index contributed by atoms with van der Waals surface area (Å²) in [5.74, 6) is 1.28. The van der Waals surface area contributed by atoms with Gasteiger partial charge in [0.05, 0.1) is 13.2 Å². The molecular formula is C25H40O5. The van der Waals surface area contributed by atoms with Gasteiger partial charge in [0.15, 0.2) is 6.29 Å². The van der Waals surface area contributed by atoms with Crippen LogP contribution < -0.4 is 0 Å². The third-order valence-electron chi connectivity index (χ3n) is 9.15. The third-order valence-corrected chi connectivity index (χ3v) is 9.15. The summed E-state index contributed by atoms with van der Waals surface area (Å²) in [7, 11) is 0. The molecule has 0 aromatic rings. The first-order chi connectivity index (χ1) is 14.2. The molecule has 4 aliphatic rings. The van der Waals surface area contributed by atoms with Crippen molar-refractivity contribution in [3.05, 3.63) is 24.3 Å². The van der Waals surface area contributed by atoms with E-state index in [-0.39, 0.29) is 17.4 Å². The average Bonchev–Trinajstić information content (AvgIpc) is 3.01. The lowest BCUT2D eigenvalue weighted by Crippen LogP contribution is -2.50. The lowest BCUT2D eigenvalue weighted by atomic mass is 9.47. The van der Waals surface area contributed by atoms with Crippen LogP contribution in [0.2, 0.25) is 0 Å². The van der Waals surface area contributed by atoms with E-state index in [2.05, 4.69) is 39.5 Å². The molecule has 3 fully saturated rings. The van der Waals surface area contributed by atoms with Gasteiger partial charge < -0.3 is 24.8 Å². The van der Waals surface area contributed by atoms with Crippen LogP contribution in [0.1, 0.15) is 65.7 Å². The van der Waals surface area contributed by atoms with E-state index in [4.69, 9.17) is 9.47 Å². The minimum Gasteiger partial charge on any atom is -0.394 e. The van der Waals surface area contributed by atoms with E-state index in [1.165, 1.54) is 37.7 Å². The van der Waals surface area contributed by atoms with E-state index >= 15 is 0 Å². The Hall–Kier alpha value is -0.720. The molecule has 3 aliphatic carbocycles. The Bertz CT molecular complexity index is 691. The van der Waals surface area contributed by atoms with Crippen molar-refractivity contribution in [1.82, 2.24) is 0 Å². The van der Waals surface area contributed by atoms with Crippen LogP contribution in [0.25, 0.3) is 0 Å². The van der Waals surface area contributed by atoms with E-state index in [0.717, 1.165) is 12.8 Å². The van der Waals surface area contributed by atoms with Crippen molar-refractivity contribution in [3.8, 4) is 0 Å². The van der Waals surface area contributed by atoms with Gasteiger partial charge in [0.1, 0.15) is 18.3 Å². The summed E-state index contributed by atoms with van der Waals surface area (Å²) in [5.41, 5.74) is 2.04. The summed E-state index contributed by atoms with van der Waals surface area (Å²) < 4.78 is 11.6. The highest BCUT2D eigenvalue weighted by Gasteiger charge is 2.54. The van der Waals surface area contributed by atoms with Gasteiger partial charge in [-0.05, 0) is 61.2 Å². The highest BCUT2D eigenvalue weighted by molar-refractivity contribution is 5.27. The van der Waals surface area contributed by atoms with Crippen LogP contribution in [0, 0.1) is 28.1 Å². The molecule has 0 amide bonds. The highest BCUT2D eigenvalue weighted by Crippen LogP contribution is 2.63. The maximum Gasteiger partial charge on any atom is 0.186 e. The fourth-order valence-electron chi connectivity index (χ4n) is 6.84. The average molecular weight is 421 g/mol. The van der Waals surface area contributed by atoms with Crippen LogP contribution in [0.3, 0.4) is 0 Å². The topological polar surface area (TPSA) is 79.2 Å². The van der Waals surface area contributed by atoms with Crippen molar-refractivity contribution < 1.29 is 24.8 Å². The Morgan fingerprint density at radius 1 is 1.20 bits per heavy atom. The van der Waals surface area contributed by atoms with Gasteiger partial charge >= 0.3 is 0 Å². The molecule has 0 aromatic carbocycles. The zero-order chi connectivity index (χ0) is 21.7. The predicted molar refractivity (Wildman–Crippen MR) is 116 cm³/mol. The molecule has 1 aliphatic heterocycles. The maximum atomic E-state index is 10.2. The van der Waals surface area contributed by atoms with Gasteiger partial charge in [-0.3, -0.25) is 0 Å². The van der Waals surface area contributed by atoms with E-state index in [1.54, 1.807) is 0 Å². The molecule has 0 radical (unpaired) electrons. The van der Waals surface area contributed by atoms with Crippen LogP contribution in [0.5, 0.6) is 0 Å². The van der Waals surface area contributed by atoms with Gasteiger partial charge in [-0.15, -0.1) is 6.58 Å². The second kappa shape index (κ2) is 8.00. The highest BCUT2D eigenvalue weighted by atomic mass is 16.7. The van der Waals surface area contributed by atoms with Crippen LogP contribution >= 0.6 is 0 Å². The van der Waals surface area contributed by atoms with Crippen molar-refractivity contribution in [2.24, 2.45) is 28.1 Å². The van der Waals surface area contributed by atoms with Gasteiger partial charge in [-0.2, -0.15) is 0 Å². The maximum absolute atomic E-state index is 10.2.